The lowest BCUT2D eigenvalue weighted by Crippen LogP contribution is -2.55. The van der Waals surface area contributed by atoms with Gasteiger partial charge in [-0.1, -0.05) is 12.1 Å². The Labute approximate surface area is 188 Å². The van der Waals surface area contributed by atoms with E-state index in [0.717, 1.165) is 52.8 Å². The van der Waals surface area contributed by atoms with Gasteiger partial charge in [0.15, 0.2) is 0 Å². The fraction of sp³-hybridized carbons (Fsp3) is 0.308. The number of nitrogens with zero attached hydrogens (tertiary/aromatic N) is 4. The molecule has 5 rings (SSSR count). The van der Waals surface area contributed by atoms with E-state index in [-0.39, 0.29) is 11.8 Å². The summed E-state index contributed by atoms with van der Waals surface area (Å²) in [5.41, 5.74) is 3.89. The van der Waals surface area contributed by atoms with E-state index in [9.17, 15) is 9.59 Å². The molecule has 164 valence electrons. The number of quaternary nitrogens is 1. The molecule has 2 aliphatic rings. The van der Waals surface area contributed by atoms with Crippen molar-refractivity contribution in [3.8, 4) is 0 Å². The average Bonchev–Trinajstić information content (AvgIpc) is 2.78. The molecule has 0 atom stereocenters. The molecule has 32 heavy (non-hydrogen) atoms. The van der Waals surface area contributed by atoms with Gasteiger partial charge in [-0.05, 0) is 42.5 Å². The number of benzene rings is 3. The summed E-state index contributed by atoms with van der Waals surface area (Å²) in [5, 5.41) is 1.76. The van der Waals surface area contributed by atoms with E-state index in [2.05, 4.69) is 19.0 Å². The number of hydrogen-bond donors (Lipinski definition) is 0. The number of carbonyl (C=O) groups is 2. The van der Waals surface area contributed by atoms with Gasteiger partial charge in [0.2, 0.25) is 0 Å². The average molecular weight is 430 g/mol. The van der Waals surface area contributed by atoms with Crippen molar-refractivity contribution >= 4 is 39.6 Å². The molecule has 0 unspecified atom stereocenters. The summed E-state index contributed by atoms with van der Waals surface area (Å²) >= 11 is 0. The summed E-state index contributed by atoms with van der Waals surface area (Å²) < 4.78 is 1.01. The quantitative estimate of drug-likeness (QED) is 0.471. The molecule has 1 saturated heterocycles. The first-order valence-corrected chi connectivity index (χ1v) is 11.1. The largest absolute Gasteiger partial charge is 0.378 e. The number of likely N-dealkylation sites (N-methyl/N-ethyl adjacent to an activating group) is 1. The third kappa shape index (κ3) is 3.22. The molecule has 0 saturated carbocycles. The van der Waals surface area contributed by atoms with Crippen molar-refractivity contribution in [1.82, 2.24) is 0 Å². The number of carbonyl (C=O) groups excluding carboxylic acids is 2. The van der Waals surface area contributed by atoms with Crippen LogP contribution in [0.4, 0.5) is 17.1 Å². The fourth-order valence-corrected chi connectivity index (χ4v) is 4.74. The topological polar surface area (TPSA) is 43.9 Å². The third-order valence-corrected chi connectivity index (χ3v) is 6.80. The van der Waals surface area contributed by atoms with Crippen molar-refractivity contribution in [3.63, 3.8) is 0 Å². The predicted octanol–water partition coefficient (Wildman–Crippen LogP) is 3.60. The first-order chi connectivity index (χ1) is 15.3. The maximum atomic E-state index is 13.5. The lowest BCUT2D eigenvalue weighted by Gasteiger charge is -2.40. The Bertz CT molecular complexity index is 1200. The molecule has 1 fully saturated rings. The molecular weight excluding hydrogens is 400 g/mol. The van der Waals surface area contributed by atoms with Crippen LogP contribution in [0.25, 0.3) is 10.8 Å². The summed E-state index contributed by atoms with van der Waals surface area (Å²) in [6.07, 6.45) is 0. The van der Waals surface area contributed by atoms with Crippen LogP contribution in [0.5, 0.6) is 0 Å². The van der Waals surface area contributed by atoms with Crippen molar-refractivity contribution in [2.75, 3.05) is 69.1 Å². The zero-order chi connectivity index (χ0) is 22.6. The summed E-state index contributed by atoms with van der Waals surface area (Å²) in [6.45, 7) is 4.05. The molecule has 0 N–H and O–H groups in total. The van der Waals surface area contributed by atoms with Crippen LogP contribution < -0.4 is 14.7 Å². The standard InChI is InChI=1S/C26H29N4O2/c1-27(2)18-8-10-19(11-9-18)29-25(31)21-7-5-6-20-23(13-12-22(24(20)21)26(29)32)28-14-16-30(3,4)17-15-28/h5-13H,14-17H2,1-4H3/q+1. The van der Waals surface area contributed by atoms with Crippen LogP contribution in [0.15, 0.2) is 54.6 Å². The van der Waals surface area contributed by atoms with Gasteiger partial charge < -0.3 is 14.3 Å². The van der Waals surface area contributed by atoms with Crippen LogP contribution in [0.2, 0.25) is 0 Å². The number of anilines is 3. The van der Waals surface area contributed by atoms with Crippen molar-refractivity contribution in [3.05, 3.63) is 65.7 Å². The molecule has 2 amide bonds. The monoisotopic (exact) mass is 429 g/mol. The van der Waals surface area contributed by atoms with Gasteiger partial charge in [0.05, 0.1) is 46.0 Å². The van der Waals surface area contributed by atoms with E-state index in [1.165, 1.54) is 4.90 Å². The second-order valence-corrected chi connectivity index (χ2v) is 9.59. The Kier molecular flexibility index (Phi) is 4.71. The van der Waals surface area contributed by atoms with Crippen molar-refractivity contribution in [2.24, 2.45) is 0 Å². The Morgan fingerprint density at radius 2 is 1.44 bits per heavy atom. The Morgan fingerprint density at radius 1 is 0.812 bits per heavy atom. The fourth-order valence-electron chi connectivity index (χ4n) is 4.74. The highest BCUT2D eigenvalue weighted by Crippen LogP contribution is 2.38. The van der Waals surface area contributed by atoms with Gasteiger partial charge in [-0.2, -0.15) is 0 Å². The van der Waals surface area contributed by atoms with Crippen molar-refractivity contribution < 1.29 is 14.1 Å². The second-order valence-electron chi connectivity index (χ2n) is 9.59. The zero-order valence-electron chi connectivity index (χ0n) is 19.1. The van der Waals surface area contributed by atoms with E-state index < -0.39 is 0 Å². The molecule has 3 aromatic carbocycles. The number of imide groups is 1. The highest BCUT2D eigenvalue weighted by Gasteiger charge is 2.35. The van der Waals surface area contributed by atoms with E-state index in [4.69, 9.17) is 0 Å². The molecule has 0 bridgehead atoms. The molecule has 2 aliphatic heterocycles. The minimum atomic E-state index is -0.265. The van der Waals surface area contributed by atoms with Crippen LogP contribution in [0.3, 0.4) is 0 Å². The van der Waals surface area contributed by atoms with Gasteiger partial charge in [0.25, 0.3) is 11.8 Å². The Balaban J connectivity index is 1.58. The summed E-state index contributed by atoms with van der Waals surface area (Å²) in [4.78, 5) is 32.6. The van der Waals surface area contributed by atoms with Crippen LogP contribution in [0, 0.1) is 0 Å². The first-order valence-electron chi connectivity index (χ1n) is 11.1. The number of rotatable bonds is 3. The normalized spacial score (nSPS) is 17.8. The van der Waals surface area contributed by atoms with Gasteiger partial charge in [-0.3, -0.25) is 9.59 Å². The van der Waals surface area contributed by atoms with E-state index in [1.54, 1.807) is 0 Å². The maximum absolute atomic E-state index is 13.5. The molecule has 0 aromatic heterocycles. The van der Waals surface area contributed by atoms with Gasteiger partial charge in [-0.15, -0.1) is 0 Å². The molecule has 6 nitrogen and oxygen atoms in total. The van der Waals surface area contributed by atoms with Gasteiger partial charge >= 0.3 is 0 Å². The minimum Gasteiger partial charge on any atom is -0.378 e. The van der Waals surface area contributed by atoms with E-state index in [0.29, 0.717) is 16.8 Å². The Morgan fingerprint density at radius 3 is 2.06 bits per heavy atom. The SMILES string of the molecule is CN(C)c1ccc(N2C(=O)c3cccc4c(N5CC[N+](C)(C)CC5)ccc(c34)C2=O)cc1. The van der Waals surface area contributed by atoms with Crippen molar-refractivity contribution in [2.45, 2.75) is 0 Å². The molecular formula is C26H29N4O2+. The number of hydrogen-bond acceptors (Lipinski definition) is 4. The Hall–Kier alpha value is -3.38. The first kappa shape index (κ1) is 20.5. The third-order valence-electron chi connectivity index (χ3n) is 6.80. The van der Waals surface area contributed by atoms with Crippen LogP contribution in [-0.4, -0.2) is 70.7 Å². The number of piperazine rings is 1. The summed E-state index contributed by atoms with van der Waals surface area (Å²) in [7, 11) is 8.43. The minimum absolute atomic E-state index is 0.265. The van der Waals surface area contributed by atoms with E-state index >= 15 is 0 Å². The molecule has 0 radical (unpaired) electrons. The second kappa shape index (κ2) is 7.35. The molecule has 6 heteroatoms. The number of amides is 2. The van der Waals surface area contributed by atoms with E-state index in [1.807, 2.05) is 73.6 Å². The van der Waals surface area contributed by atoms with Crippen LogP contribution >= 0.6 is 0 Å². The zero-order valence-corrected chi connectivity index (χ0v) is 19.1. The maximum Gasteiger partial charge on any atom is 0.265 e. The molecule has 2 heterocycles. The summed E-state index contributed by atoms with van der Waals surface area (Å²) in [6, 6.07) is 17.2. The lowest BCUT2D eigenvalue weighted by atomic mass is 9.92. The highest BCUT2D eigenvalue weighted by atomic mass is 16.2. The lowest BCUT2D eigenvalue weighted by molar-refractivity contribution is -0.890. The van der Waals surface area contributed by atoms with Crippen molar-refractivity contribution in [1.29, 1.82) is 0 Å². The molecule has 0 aliphatic carbocycles. The smallest absolute Gasteiger partial charge is 0.265 e. The van der Waals surface area contributed by atoms with Crippen LogP contribution in [0.1, 0.15) is 20.7 Å². The van der Waals surface area contributed by atoms with Gasteiger partial charge in [-0.25, -0.2) is 4.90 Å². The molecule has 0 spiro atoms. The van der Waals surface area contributed by atoms with Crippen LogP contribution in [-0.2, 0) is 0 Å². The summed E-state index contributed by atoms with van der Waals surface area (Å²) in [5.74, 6) is -0.529. The molecule has 3 aromatic rings. The predicted molar refractivity (Wildman–Crippen MR) is 130 cm³/mol. The highest BCUT2D eigenvalue weighted by molar-refractivity contribution is 6.36. The van der Waals surface area contributed by atoms with Gasteiger partial charge in [0, 0.05) is 47.4 Å². The van der Waals surface area contributed by atoms with Gasteiger partial charge in [0.1, 0.15) is 0 Å².